The van der Waals surface area contributed by atoms with Crippen LogP contribution in [0, 0.1) is 0 Å². The van der Waals surface area contributed by atoms with Crippen LogP contribution in [0.3, 0.4) is 0 Å². The van der Waals surface area contributed by atoms with E-state index in [-0.39, 0.29) is 12.4 Å². The summed E-state index contributed by atoms with van der Waals surface area (Å²) >= 11 is 0. The van der Waals surface area contributed by atoms with E-state index in [4.69, 9.17) is 4.74 Å². The van der Waals surface area contributed by atoms with E-state index in [1.54, 1.807) is 36.5 Å². The van der Waals surface area contributed by atoms with Crippen LogP contribution in [0.1, 0.15) is 33.2 Å². The van der Waals surface area contributed by atoms with Crippen molar-refractivity contribution in [1.29, 1.82) is 0 Å². The fraction of sp³-hybridized carbons (Fsp3) is 0.133. The van der Waals surface area contributed by atoms with E-state index in [1.165, 1.54) is 13.1 Å². The lowest BCUT2D eigenvalue weighted by Gasteiger charge is -2.05. The molecule has 0 aliphatic rings. The van der Waals surface area contributed by atoms with Crippen molar-refractivity contribution in [3.63, 3.8) is 0 Å². The molecular formula is C15H13NO3. The molecule has 0 spiro atoms. The maximum atomic E-state index is 11.7. The summed E-state index contributed by atoms with van der Waals surface area (Å²) in [5.74, 6) is -0.443. The van der Waals surface area contributed by atoms with Crippen molar-refractivity contribution in [1.82, 2.24) is 4.98 Å². The standard InChI is InChI=1S/C15H13NO3/c1-11(17)13-5-2-4-12(8-13)10-19-15(18)14-6-3-7-16-9-14/h2-9H,10H2,1H3. The molecule has 0 saturated heterocycles. The van der Waals surface area contributed by atoms with E-state index in [0.29, 0.717) is 11.1 Å². The number of benzene rings is 1. The number of hydrogen-bond acceptors (Lipinski definition) is 4. The van der Waals surface area contributed by atoms with Gasteiger partial charge in [0.15, 0.2) is 5.78 Å². The van der Waals surface area contributed by atoms with E-state index in [1.807, 2.05) is 6.07 Å². The highest BCUT2D eigenvalue weighted by Crippen LogP contribution is 2.09. The number of pyridine rings is 1. The van der Waals surface area contributed by atoms with Gasteiger partial charge in [-0.25, -0.2) is 4.79 Å². The molecule has 2 rings (SSSR count). The lowest BCUT2D eigenvalue weighted by molar-refractivity contribution is 0.0472. The van der Waals surface area contributed by atoms with Crippen LogP contribution in [0.15, 0.2) is 48.8 Å². The van der Waals surface area contributed by atoms with Crippen LogP contribution < -0.4 is 0 Å². The molecule has 0 fully saturated rings. The molecule has 0 atom stereocenters. The Bertz CT molecular complexity index is 593. The van der Waals surface area contributed by atoms with E-state index < -0.39 is 5.97 Å². The molecule has 19 heavy (non-hydrogen) atoms. The molecule has 0 N–H and O–H groups in total. The zero-order chi connectivity index (χ0) is 13.7. The first kappa shape index (κ1) is 13.0. The maximum absolute atomic E-state index is 11.7. The van der Waals surface area contributed by atoms with Crippen molar-refractivity contribution in [2.45, 2.75) is 13.5 Å². The number of esters is 1. The van der Waals surface area contributed by atoms with E-state index >= 15 is 0 Å². The predicted molar refractivity (Wildman–Crippen MR) is 69.8 cm³/mol. The van der Waals surface area contributed by atoms with Gasteiger partial charge in [0, 0.05) is 18.0 Å². The third-order valence-corrected chi connectivity index (χ3v) is 2.60. The van der Waals surface area contributed by atoms with Gasteiger partial charge in [0.05, 0.1) is 5.56 Å². The second kappa shape index (κ2) is 5.91. The fourth-order valence-electron chi connectivity index (χ4n) is 1.60. The van der Waals surface area contributed by atoms with Crippen LogP contribution in [-0.2, 0) is 11.3 Å². The van der Waals surface area contributed by atoms with Crippen LogP contribution in [0.25, 0.3) is 0 Å². The summed E-state index contributed by atoms with van der Waals surface area (Å²) in [6.45, 7) is 1.63. The molecule has 4 heteroatoms. The van der Waals surface area contributed by atoms with Crippen LogP contribution in [0.4, 0.5) is 0 Å². The van der Waals surface area contributed by atoms with Crippen molar-refractivity contribution in [3.05, 3.63) is 65.5 Å². The number of ketones is 1. The minimum absolute atomic E-state index is 0.0135. The summed E-state index contributed by atoms with van der Waals surface area (Å²) in [6, 6.07) is 10.3. The molecule has 0 saturated carbocycles. The number of aromatic nitrogens is 1. The normalized spacial score (nSPS) is 9.95. The number of nitrogens with zero attached hydrogens (tertiary/aromatic N) is 1. The highest BCUT2D eigenvalue weighted by Gasteiger charge is 2.07. The molecule has 2 aromatic rings. The van der Waals surface area contributed by atoms with Gasteiger partial charge in [-0.05, 0) is 30.7 Å². The summed E-state index contributed by atoms with van der Waals surface area (Å²) in [6.07, 6.45) is 3.04. The number of rotatable bonds is 4. The van der Waals surface area contributed by atoms with Crippen LogP contribution in [0.2, 0.25) is 0 Å². The molecule has 96 valence electrons. The monoisotopic (exact) mass is 255 g/mol. The number of hydrogen-bond donors (Lipinski definition) is 0. The second-order valence-corrected chi connectivity index (χ2v) is 4.07. The molecule has 0 aliphatic heterocycles. The minimum atomic E-state index is -0.429. The zero-order valence-corrected chi connectivity index (χ0v) is 10.5. The van der Waals surface area contributed by atoms with Gasteiger partial charge >= 0.3 is 5.97 Å². The molecule has 1 heterocycles. The number of carbonyl (C=O) groups excluding carboxylic acids is 2. The third-order valence-electron chi connectivity index (χ3n) is 2.60. The smallest absolute Gasteiger partial charge is 0.340 e. The summed E-state index contributed by atoms with van der Waals surface area (Å²) in [7, 11) is 0. The Balaban J connectivity index is 2.01. The average Bonchev–Trinajstić information content (AvgIpc) is 2.46. The Kier molecular flexibility index (Phi) is 4.03. The Hall–Kier alpha value is -2.49. The first-order chi connectivity index (χ1) is 9.16. The molecule has 4 nitrogen and oxygen atoms in total. The van der Waals surface area contributed by atoms with Gasteiger partial charge in [0.1, 0.15) is 6.61 Å². The van der Waals surface area contributed by atoms with Crippen molar-refractivity contribution < 1.29 is 14.3 Å². The highest BCUT2D eigenvalue weighted by molar-refractivity contribution is 5.94. The second-order valence-electron chi connectivity index (χ2n) is 4.07. The van der Waals surface area contributed by atoms with Gasteiger partial charge in [-0.2, -0.15) is 0 Å². The Labute approximate surface area is 111 Å². The van der Waals surface area contributed by atoms with Crippen LogP contribution in [-0.4, -0.2) is 16.7 Å². The highest BCUT2D eigenvalue weighted by atomic mass is 16.5. The topological polar surface area (TPSA) is 56.3 Å². The lowest BCUT2D eigenvalue weighted by Crippen LogP contribution is -2.06. The Morgan fingerprint density at radius 2 is 1.95 bits per heavy atom. The third kappa shape index (κ3) is 3.48. The molecule has 0 aliphatic carbocycles. The van der Waals surface area contributed by atoms with Gasteiger partial charge in [-0.3, -0.25) is 9.78 Å². The molecule has 0 bridgehead atoms. The lowest BCUT2D eigenvalue weighted by atomic mass is 10.1. The molecule has 0 amide bonds. The van der Waals surface area contributed by atoms with Crippen molar-refractivity contribution in [2.75, 3.05) is 0 Å². The molecule has 1 aromatic heterocycles. The minimum Gasteiger partial charge on any atom is -0.457 e. The SMILES string of the molecule is CC(=O)c1cccc(COC(=O)c2cccnc2)c1. The first-order valence-electron chi connectivity index (χ1n) is 5.84. The van der Waals surface area contributed by atoms with Gasteiger partial charge in [0.2, 0.25) is 0 Å². The first-order valence-corrected chi connectivity index (χ1v) is 5.84. The van der Waals surface area contributed by atoms with Gasteiger partial charge in [-0.1, -0.05) is 18.2 Å². The number of ether oxygens (including phenoxy) is 1. The maximum Gasteiger partial charge on any atom is 0.340 e. The number of carbonyl (C=O) groups is 2. The van der Waals surface area contributed by atoms with Crippen molar-refractivity contribution in [3.8, 4) is 0 Å². The van der Waals surface area contributed by atoms with E-state index in [0.717, 1.165) is 5.56 Å². The molecule has 1 aromatic carbocycles. The molecule has 0 radical (unpaired) electrons. The van der Waals surface area contributed by atoms with Crippen molar-refractivity contribution in [2.24, 2.45) is 0 Å². The zero-order valence-electron chi connectivity index (χ0n) is 10.5. The van der Waals surface area contributed by atoms with Gasteiger partial charge < -0.3 is 4.74 Å². The average molecular weight is 255 g/mol. The quantitative estimate of drug-likeness (QED) is 0.622. The fourth-order valence-corrected chi connectivity index (χ4v) is 1.60. The summed E-state index contributed by atoms with van der Waals surface area (Å²) in [4.78, 5) is 26.8. The van der Waals surface area contributed by atoms with Crippen LogP contribution >= 0.6 is 0 Å². The van der Waals surface area contributed by atoms with Gasteiger partial charge in [-0.15, -0.1) is 0 Å². The summed E-state index contributed by atoms with van der Waals surface area (Å²) in [5.41, 5.74) is 1.80. The largest absolute Gasteiger partial charge is 0.457 e. The van der Waals surface area contributed by atoms with Gasteiger partial charge in [0.25, 0.3) is 0 Å². The Morgan fingerprint density at radius 1 is 1.16 bits per heavy atom. The Morgan fingerprint density at radius 3 is 2.63 bits per heavy atom. The summed E-state index contributed by atoms with van der Waals surface area (Å²) < 4.78 is 5.16. The number of Topliss-reactive ketones (excluding diaryl/α,β-unsaturated/α-hetero) is 1. The predicted octanol–water partition coefficient (Wildman–Crippen LogP) is 2.64. The van der Waals surface area contributed by atoms with Crippen molar-refractivity contribution >= 4 is 11.8 Å². The van der Waals surface area contributed by atoms with Crippen LogP contribution in [0.5, 0.6) is 0 Å². The van der Waals surface area contributed by atoms with E-state index in [2.05, 4.69) is 4.98 Å². The summed E-state index contributed by atoms with van der Waals surface area (Å²) in [5, 5.41) is 0. The molecular weight excluding hydrogens is 242 g/mol. The molecule has 0 unspecified atom stereocenters. The van der Waals surface area contributed by atoms with E-state index in [9.17, 15) is 9.59 Å².